The van der Waals surface area contributed by atoms with Gasteiger partial charge in [0.2, 0.25) is 0 Å². The minimum absolute atomic E-state index is 0.473. The van der Waals surface area contributed by atoms with Crippen LogP contribution in [0.15, 0.2) is 29.6 Å². The summed E-state index contributed by atoms with van der Waals surface area (Å²) in [5.41, 5.74) is 9.61. The molecular formula is C14H14N2S2. The number of benzene rings is 1. The van der Waals surface area contributed by atoms with Crippen molar-refractivity contribution >= 4 is 37.9 Å². The minimum atomic E-state index is 0.473. The van der Waals surface area contributed by atoms with E-state index in [0.29, 0.717) is 5.92 Å². The molecule has 0 radical (unpaired) electrons. The molecule has 0 spiro atoms. The number of nitrogens with two attached hydrogens (primary N) is 1. The Morgan fingerprint density at radius 3 is 2.72 bits per heavy atom. The third-order valence-corrected chi connectivity index (χ3v) is 4.86. The number of fused-ring (bicyclic) bond motifs is 1. The second-order valence-corrected chi connectivity index (χ2v) is 6.51. The molecule has 2 N–H and O–H groups in total. The minimum Gasteiger partial charge on any atom is -0.390 e. The quantitative estimate of drug-likeness (QED) is 0.733. The Morgan fingerprint density at radius 2 is 2.00 bits per heavy atom. The molecule has 0 amide bonds. The number of para-hydroxylation sites is 1. The maximum Gasteiger partial charge on any atom is 0.127 e. The summed E-state index contributed by atoms with van der Waals surface area (Å²) < 4.78 is 1.22. The number of nitrogen functional groups attached to an aromatic ring is 1. The predicted octanol–water partition coefficient (Wildman–Crippen LogP) is 4.73. The van der Waals surface area contributed by atoms with Gasteiger partial charge in [-0.15, -0.1) is 22.7 Å². The van der Waals surface area contributed by atoms with Crippen molar-refractivity contribution in [1.29, 1.82) is 0 Å². The number of anilines is 1. The van der Waals surface area contributed by atoms with E-state index in [9.17, 15) is 0 Å². The first-order chi connectivity index (χ1) is 8.66. The summed E-state index contributed by atoms with van der Waals surface area (Å²) >= 11 is 3.32. The van der Waals surface area contributed by atoms with E-state index in [1.54, 1.807) is 22.7 Å². The summed E-state index contributed by atoms with van der Waals surface area (Å²) in [6.07, 6.45) is 0. The number of thiazole rings is 1. The molecule has 2 aromatic heterocycles. The first-order valence-electron chi connectivity index (χ1n) is 5.89. The van der Waals surface area contributed by atoms with Gasteiger partial charge in [0, 0.05) is 5.56 Å². The molecular weight excluding hydrogens is 260 g/mol. The van der Waals surface area contributed by atoms with Crippen LogP contribution < -0.4 is 5.73 Å². The lowest BCUT2D eigenvalue weighted by Crippen LogP contribution is -1.90. The van der Waals surface area contributed by atoms with E-state index in [-0.39, 0.29) is 0 Å². The van der Waals surface area contributed by atoms with Crippen molar-refractivity contribution in [3.8, 4) is 10.6 Å². The van der Waals surface area contributed by atoms with Gasteiger partial charge in [0.05, 0.1) is 15.2 Å². The van der Waals surface area contributed by atoms with E-state index in [0.717, 1.165) is 21.1 Å². The Labute approximate surface area is 114 Å². The topological polar surface area (TPSA) is 38.9 Å². The average molecular weight is 274 g/mol. The second kappa shape index (κ2) is 4.37. The fourth-order valence-corrected chi connectivity index (χ4v) is 4.11. The van der Waals surface area contributed by atoms with Crippen LogP contribution in [0.1, 0.15) is 25.3 Å². The van der Waals surface area contributed by atoms with Gasteiger partial charge in [-0.25, -0.2) is 4.98 Å². The van der Waals surface area contributed by atoms with Crippen LogP contribution in [0.4, 0.5) is 5.00 Å². The Bertz CT molecular complexity index is 662. The number of thiophene rings is 1. The molecule has 1 aromatic carbocycles. The number of hydrogen-bond acceptors (Lipinski definition) is 4. The number of hydrogen-bond donors (Lipinski definition) is 1. The Morgan fingerprint density at radius 1 is 1.22 bits per heavy atom. The lowest BCUT2D eigenvalue weighted by molar-refractivity contribution is 0.874. The molecule has 0 atom stereocenters. The molecule has 0 unspecified atom stereocenters. The summed E-state index contributed by atoms with van der Waals surface area (Å²) in [6.45, 7) is 4.39. The van der Waals surface area contributed by atoms with E-state index in [1.165, 1.54) is 10.3 Å². The van der Waals surface area contributed by atoms with Gasteiger partial charge in [-0.1, -0.05) is 26.0 Å². The molecule has 2 nitrogen and oxygen atoms in total. The maximum atomic E-state index is 6.12. The Kier molecular flexibility index (Phi) is 2.84. The van der Waals surface area contributed by atoms with Gasteiger partial charge in [-0.3, -0.25) is 0 Å². The predicted molar refractivity (Wildman–Crippen MR) is 81.4 cm³/mol. The van der Waals surface area contributed by atoms with Gasteiger partial charge in [-0.05, 0) is 29.0 Å². The van der Waals surface area contributed by atoms with Crippen LogP contribution in [0.2, 0.25) is 0 Å². The van der Waals surface area contributed by atoms with Crippen LogP contribution in [-0.4, -0.2) is 4.98 Å². The normalized spacial score (nSPS) is 11.5. The SMILES string of the molecule is CC(C)c1csc(N)c1-c1nc2ccccc2s1. The molecule has 92 valence electrons. The third kappa shape index (κ3) is 1.82. The zero-order chi connectivity index (χ0) is 12.7. The van der Waals surface area contributed by atoms with Crippen LogP contribution in [0, 0.1) is 0 Å². The van der Waals surface area contributed by atoms with Crippen molar-refractivity contribution in [3.63, 3.8) is 0 Å². The van der Waals surface area contributed by atoms with Crippen molar-refractivity contribution in [2.75, 3.05) is 5.73 Å². The van der Waals surface area contributed by atoms with Crippen LogP contribution in [-0.2, 0) is 0 Å². The lowest BCUT2D eigenvalue weighted by Gasteiger charge is -2.05. The maximum absolute atomic E-state index is 6.12. The highest BCUT2D eigenvalue weighted by molar-refractivity contribution is 7.22. The third-order valence-electron chi connectivity index (χ3n) is 2.98. The molecule has 0 saturated carbocycles. The number of aromatic nitrogens is 1. The number of nitrogens with zero attached hydrogens (tertiary/aromatic N) is 1. The fraction of sp³-hybridized carbons (Fsp3) is 0.214. The zero-order valence-electron chi connectivity index (χ0n) is 10.3. The van der Waals surface area contributed by atoms with Crippen LogP contribution >= 0.6 is 22.7 Å². The summed E-state index contributed by atoms with van der Waals surface area (Å²) in [4.78, 5) is 4.70. The van der Waals surface area contributed by atoms with E-state index in [4.69, 9.17) is 10.7 Å². The molecule has 0 saturated heterocycles. The van der Waals surface area contributed by atoms with Gasteiger partial charge in [0.25, 0.3) is 0 Å². The standard InChI is InChI=1S/C14H14N2S2/c1-8(2)9-7-17-13(15)12(9)14-16-10-5-3-4-6-11(10)18-14/h3-8H,15H2,1-2H3. The Hall–Kier alpha value is -1.39. The summed E-state index contributed by atoms with van der Waals surface area (Å²) in [5.74, 6) is 0.473. The highest BCUT2D eigenvalue weighted by Crippen LogP contribution is 2.41. The number of rotatable bonds is 2. The smallest absolute Gasteiger partial charge is 0.127 e. The molecule has 0 aliphatic rings. The molecule has 0 bridgehead atoms. The average Bonchev–Trinajstić information content (AvgIpc) is 2.91. The summed E-state index contributed by atoms with van der Waals surface area (Å²) in [7, 11) is 0. The van der Waals surface area contributed by atoms with E-state index in [1.807, 2.05) is 18.2 Å². The zero-order valence-corrected chi connectivity index (χ0v) is 11.9. The molecule has 0 fully saturated rings. The van der Waals surface area contributed by atoms with Crippen LogP contribution in [0.5, 0.6) is 0 Å². The van der Waals surface area contributed by atoms with Gasteiger partial charge in [-0.2, -0.15) is 0 Å². The Balaban J connectivity index is 2.22. The molecule has 3 rings (SSSR count). The first kappa shape index (κ1) is 11.7. The van der Waals surface area contributed by atoms with Crippen molar-refractivity contribution in [2.24, 2.45) is 0 Å². The molecule has 4 heteroatoms. The first-order valence-corrected chi connectivity index (χ1v) is 7.59. The van der Waals surface area contributed by atoms with Crippen molar-refractivity contribution in [1.82, 2.24) is 4.98 Å². The van der Waals surface area contributed by atoms with Crippen LogP contribution in [0.3, 0.4) is 0 Å². The molecule has 0 aliphatic carbocycles. The second-order valence-electron chi connectivity index (χ2n) is 4.57. The largest absolute Gasteiger partial charge is 0.390 e. The fourth-order valence-electron chi connectivity index (χ4n) is 2.02. The van der Waals surface area contributed by atoms with Crippen molar-refractivity contribution < 1.29 is 0 Å². The summed E-state index contributed by atoms with van der Waals surface area (Å²) in [6, 6.07) is 8.22. The molecule has 18 heavy (non-hydrogen) atoms. The summed E-state index contributed by atoms with van der Waals surface area (Å²) in [5, 5.41) is 4.07. The lowest BCUT2D eigenvalue weighted by atomic mass is 10.0. The van der Waals surface area contributed by atoms with E-state index in [2.05, 4.69) is 25.3 Å². The van der Waals surface area contributed by atoms with Crippen molar-refractivity contribution in [3.05, 3.63) is 35.2 Å². The van der Waals surface area contributed by atoms with Gasteiger partial charge < -0.3 is 5.73 Å². The highest BCUT2D eigenvalue weighted by atomic mass is 32.1. The van der Waals surface area contributed by atoms with E-state index >= 15 is 0 Å². The van der Waals surface area contributed by atoms with E-state index < -0.39 is 0 Å². The molecule has 3 aromatic rings. The van der Waals surface area contributed by atoms with Gasteiger partial charge in [0.1, 0.15) is 5.01 Å². The molecule has 2 heterocycles. The van der Waals surface area contributed by atoms with Crippen molar-refractivity contribution in [2.45, 2.75) is 19.8 Å². The van der Waals surface area contributed by atoms with Gasteiger partial charge in [0.15, 0.2) is 0 Å². The highest BCUT2D eigenvalue weighted by Gasteiger charge is 2.17. The van der Waals surface area contributed by atoms with Crippen LogP contribution in [0.25, 0.3) is 20.8 Å². The van der Waals surface area contributed by atoms with Gasteiger partial charge >= 0.3 is 0 Å². The molecule has 0 aliphatic heterocycles. The monoisotopic (exact) mass is 274 g/mol.